The van der Waals surface area contributed by atoms with Gasteiger partial charge in [-0.2, -0.15) is 0 Å². The van der Waals surface area contributed by atoms with Gasteiger partial charge >= 0.3 is 6.03 Å². The molecule has 0 spiro atoms. The molecule has 3 rings (SSSR count). The molecule has 0 atom stereocenters. The molecular formula is C24H23FN2O2. The SMILES string of the molecule is COc1ccc(N(CC(C)=Cc2ccccc2)C(=O)Nc2cccc(F)c2)cc1. The summed E-state index contributed by atoms with van der Waals surface area (Å²) in [5, 5.41) is 2.77. The maximum Gasteiger partial charge on any atom is 0.326 e. The quantitative estimate of drug-likeness (QED) is 0.563. The fourth-order valence-corrected chi connectivity index (χ4v) is 2.93. The molecule has 0 unspecified atom stereocenters. The molecule has 148 valence electrons. The van der Waals surface area contributed by atoms with Crippen molar-refractivity contribution in [2.75, 3.05) is 23.9 Å². The molecule has 0 aliphatic heterocycles. The lowest BCUT2D eigenvalue weighted by atomic mass is 10.1. The Balaban J connectivity index is 1.86. The van der Waals surface area contributed by atoms with E-state index in [1.54, 1.807) is 36.3 Å². The van der Waals surface area contributed by atoms with Crippen LogP contribution in [-0.4, -0.2) is 19.7 Å². The third-order valence-electron chi connectivity index (χ3n) is 4.33. The van der Waals surface area contributed by atoms with Gasteiger partial charge in [-0.05, 0) is 55.0 Å². The third-order valence-corrected chi connectivity index (χ3v) is 4.33. The molecule has 0 saturated carbocycles. The molecule has 0 aromatic heterocycles. The van der Waals surface area contributed by atoms with Gasteiger partial charge in [-0.15, -0.1) is 0 Å². The average molecular weight is 390 g/mol. The highest BCUT2D eigenvalue weighted by Crippen LogP contribution is 2.22. The van der Waals surface area contributed by atoms with Crippen LogP contribution in [0.3, 0.4) is 0 Å². The van der Waals surface area contributed by atoms with Crippen molar-refractivity contribution < 1.29 is 13.9 Å². The molecule has 29 heavy (non-hydrogen) atoms. The second-order valence-electron chi connectivity index (χ2n) is 6.63. The van der Waals surface area contributed by atoms with E-state index in [1.165, 1.54) is 12.1 Å². The number of nitrogens with zero attached hydrogens (tertiary/aromatic N) is 1. The van der Waals surface area contributed by atoms with E-state index >= 15 is 0 Å². The molecule has 2 amide bonds. The average Bonchev–Trinajstić information content (AvgIpc) is 2.73. The van der Waals surface area contributed by atoms with E-state index in [2.05, 4.69) is 5.32 Å². The van der Waals surface area contributed by atoms with Gasteiger partial charge in [0.15, 0.2) is 0 Å². The normalized spacial score (nSPS) is 11.1. The minimum Gasteiger partial charge on any atom is -0.497 e. The van der Waals surface area contributed by atoms with Gasteiger partial charge in [-0.3, -0.25) is 4.90 Å². The standard InChI is InChI=1S/C24H23FN2O2/c1-18(15-19-7-4-3-5-8-19)17-27(22-11-13-23(29-2)14-12-22)24(28)26-21-10-6-9-20(25)16-21/h3-16H,17H2,1-2H3,(H,26,28). The van der Waals surface area contributed by atoms with Crippen LogP contribution in [0.2, 0.25) is 0 Å². The van der Waals surface area contributed by atoms with Crippen molar-refractivity contribution in [1.29, 1.82) is 0 Å². The summed E-state index contributed by atoms with van der Waals surface area (Å²) in [7, 11) is 1.59. The summed E-state index contributed by atoms with van der Waals surface area (Å²) in [6.07, 6.45) is 2.03. The Hall–Kier alpha value is -3.60. The zero-order valence-electron chi connectivity index (χ0n) is 16.4. The van der Waals surface area contributed by atoms with E-state index in [0.29, 0.717) is 23.7 Å². The maximum absolute atomic E-state index is 13.5. The molecule has 0 bridgehead atoms. The molecular weight excluding hydrogens is 367 g/mol. The summed E-state index contributed by atoms with van der Waals surface area (Å²) in [6.45, 7) is 2.35. The van der Waals surface area contributed by atoms with E-state index in [4.69, 9.17) is 4.74 Å². The van der Waals surface area contributed by atoms with Crippen LogP contribution in [0.25, 0.3) is 6.08 Å². The van der Waals surface area contributed by atoms with E-state index in [1.807, 2.05) is 55.5 Å². The predicted octanol–water partition coefficient (Wildman–Crippen LogP) is 5.98. The highest BCUT2D eigenvalue weighted by molar-refractivity contribution is 6.02. The van der Waals surface area contributed by atoms with Crippen molar-refractivity contribution in [2.45, 2.75) is 6.92 Å². The first-order valence-electron chi connectivity index (χ1n) is 9.25. The van der Waals surface area contributed by atoms with Gasteiger partial charge < -0.3 is 10.1 Å². The lowest BCUT2D eigenvalue weighted by Crippen LogP contribution is -2.36. The molecule has 0 fully saturated rings. The molecule has 0 saturated heterocycles. The molecule has 0 radical (unpaired) electrons. The summed E-state index contributed by atoms with van der Waals surface area (Å²) in [5.74, 6) is 0.301. The Bertz CT molecular complexity index is 985. The van der Waals surface area contributed by atoms with Crippen molar-refractivity contribution in [3.8, 4) is 5.75 Å². The Labute approximate surface area is 170 Å². The number of amides is 2. The zero-order chi connectivity index (χ0) is 20.6. The molecule has 1 N–H and O–H groups in total. The number of methoxy groups -OCH3 is 1. The number of urea groups is 1. The number of rotatable bonds is 6. The van der Waals surface area contributed by atoms with Crippen molar-refractivity contribution in [3.63, 3.8) is 0 Å². The highest BCUT2D eigenvalue weighted by Gasteiger charge is 2.17. The number of carbonyl (C=O) groups is 1. The van der Waals surface area contributed by atoms with Gasteiger partial charge in [0.1, 0.15) is 11.6 Å². The van der Waals surface area contributed by atoms with E-state index in [0.717, 1.165) is 11.1 Å². The van der Waals surface area contributed by atoms with Crippen molar-refractivity contribution in [2.24, 2.45) is 0 Å². The summed E-state index contributed by atoms with van der Waals surface area (Å²) in [6, 6.07) is 22.6. The van der Waals surface area contributed by atoms with Crippen LogP contribution in [0.5, 0.6) is 5.75 Å². The lowest BCUT2D eigenvalue weighted by Gasteiger charge is -2.24. The predicted molar refractivity (Wildman–Crippen MR) is 116 cm³/mol. The second kappa shape index (κ2) is 9.55. The van der Waals surface area contributed by atoms with E-state index in [9.17, 15) is 9.18 Å². The number of nitrogens with one attached hydrogen (secondary N) is 1. The van der Waals surface area contributed by atoms with Gasteiger partial charge in [0, 0.05) is 17.9 Å². The monoisotopic (exact) mass is 390 g/mol. The number of halogens is 1. The minimum atomic E-state index is -0.404. The fourth-order valence-electron chi connectivity index (χ4n) is 2.93. The van der Waals surface area contributed by atoms with Crippen molar-refractivity contribution in [3.05, 3.63) is 95.8 Å². The lowest BCUT2D eigenvalue weighted by molar-refractivity contribution is 0.257. The van der Waals surface area contributed by atoms with Crippen LogP contribution in [-0.2, 0) is 0 Å². The van der Waals surface area contributed by atoms with E-state index < -0.39 is 5.82 Å². The molecule has 5 heteroatoms. The molecule has 0 heterocycles. The van der Waals surface area contributed by atoms with Gasteiger partial charge in [-0.25, -0.2) is 9.18 Å². The molecule has 0 aliphatic carbocycles. The summed E-state index contributed by atoms with van der Waals surface area (Å²) < 4.78 is 18.7. The van der Waals surface area contributed by atoms with E-state index in [-0.39, 0.29) is 6.03 Å². The van der Waals surface area contributed by atoms with Crippen LogP contribution < -0.4 is 15.0 Å². The number of carbonyl (C=O) groups excluding carboxylic acids is 1. The van der Waals surface area contributed by atoms with Gasteiger partial charge in [-0.1, -0.05) is 48.0 Å². The fraction of sp³-hybridized carbons (Fsp3) is 0.125. The van der Waals surface area contributed by atoms with Gasteiger partial charge in [0.25, 0.3) is 0 Å². The number of hydrogen-bond donors (Lipinski definition) is 1. The molecule has 3 aromatic carbocycles. The Morgan fingerprint density at radius 3 is 2.41 bits per heavy atom. The topological polar surface area (TPSA) is 41.6 Å². The third kappa shape index (κ3) is 5.69. The second-order valence-corrected chi connectivity index (χ2v) is 6.63. The van der Waals surface area contributed by atoms with Gasteiger partial charge in [0.05, 0.1) is 7.11 Å². The molecule has 4 nitrogen and oxygen atoms in total. The van der Waals surface area contributed by atoms with Crippen LogP contribution in [0.4, 0.5) is 20.6 Å². The summed E-state index contributed by atoms with van der Waals surface area (Å²) in [5.41, 5.74) is 3.17. The zero-order valence-corrected chi connectivity index (χ0v) is 16.4. The van der Waals surface area contributed by atoms with Crippen LogP contribution >= 0.6 is 0 Å². The first-order chi connectivity index (χ1) is 14.0. The first kappa shape index (κ1) is 20.1. The summed E-state index contributed by atoms with van der Waals surface area (Å²) >= 11 is 0. The first-order valence-corrected chi connectivity index (χ1v) is 9.25. The maximum atomic E-state index is 13.5. The minimum absolute atomic E-state index is 0.346. The number of anilines is 2. The molecule has 0 aliphatic rings. The Morgan fingerprint density at radius 2 is 1.76 bits per heavy atom. The largest absolute Gasteiger partial charge is 0.497 e. The number of ether oxygens (including phenoxy) is 1. The van der Waals surface area contributed by atoms with Crippen LogP contribution in [0, 0.1) is 5.82 Å². The van der Waals surface area contributed by atoms with Crippen molar-refractivity contribution >= 4 is 23.5 Å². The summed E-state index contributed by atoms with van der Waals surface area (Å²) in [4.78, 5) is 14.6. The van der Waals surface area contributed by atoms with Crippen molar-refractivity contribution in [1.82, 2.24) is 0 Å². The van der Waals surface area contributed by atoms with Crippen LogP contribution in [0.1, 0.15) is 12.5 Å². The molecule has 3 aromatic rings. The van der Waals surface area contributed by atoms with Crippen LogP contribution in [0.15, 0.2) is 84.4 Å². The smallest absolute Gasteiger partial charge is 0.326 e. The van der Waals surface area contributed by atoms with Gasteiger partial charge in [0.2, 0.25) is 0 Å². The number of hydrogen-bond acceptors (Lipinski definition) is 2. The Kier molecular flexibility index (Phi) is 6.63. The number of benzene rings is 3. The highest BCUT2D eigenvalue weighted by atomic mass is 19.1. The Morgan fingerprint density at radius 1 is 1.03 bits per heavy atom.